The van der Waals surface area contributed by atoms with E-state index in [1.165, 1.54) is 4.88 Å². The molecule has 0 atom stereocenters. The summed E-state index contributed by atoms with van der Waals surface area (Å²) in [6.45, 7) is 3.37. The molecule has 0 aliphatic heterocycles. The molecule has 0 saturated heterocycles. The van der Waals surface area contributed by atoms with Crippen molar-refractivity contribution in [1.82, 2.24) is 15.3 Å². The van der Waals surface area contributed by atoms with E-state index in [1.807, 2.05) is 26.2 Å². The number of ether oxygens (including phenoxy) is 1. The molecular formula is C13H17N3OS. The maximum atomic E-state index is 5.56. The second-order valence-electron chi connectivity index (χ2n) is 3.97. The van der Waals surface area contributed by atoms with Gasteiger partial charge in [0.15, 0.2) is 0 Å². The van der Waals surface area contributed by atoms with Gasteiger partial charge in [0.05, 0.1) is 6.61 Å². The quantitative estimate of drug-likeness (QED) is 0.868. The molecule has 18 heavy (non-hydrogen) atoms. The molecule has 0 bridgehead atoms. The monoisotopic (exact) mass is 263 g/mol. The minimum atomic E-state index is 0.462. The van der Waals surface area contributed by atoms with Gasteiger partial charge in [-0.15, -0.1) is 11.3 Å². The number of aromatic nitrogens is 2. The first kappa shape index (κ1) is 13.0. The van der Waals surface area contributed by atoms with E-state index in [1.54, 1.807) is 11.3 Å². The summed E-state index contributed by atoms with van der Waals surface area (Å²) < 4.78 is 5.56. The van der Waals surface area contributed by atoms with Crippen LogP contribution in [-0.4, -0.2) is 23.6 Å². The van der Waals surface area contributed by atoms with Crippen LogP contribution in [0, 0.1) is 6.92 Å². The Morgan fingerprint density at radius 1 is 1.44 bits per heavy atom. The van der Waals surface area contributed by atoms with Gasteiger partial charge in [-0.1, -0.05) is 6.07 Å². The summed E-state index contributed by atoms with van der Waals surface area (Å²) in [5.41, 5.74) is 2.06. The number of rotatable bonds is 6. The highest BCUT2D eigenvalue weighted by atomic mass is 32.1. The Morgan fingerprint density at radius 2 is 2.33 bits per heavy atom. The molecule has 2 rings (SSSR count). The molecule has 2 aromatic heterocycles. The van der Waals surface area contributed by atoms with Crippen LogP contribution in [0.3, 0.4) is 0 Å². The second-order valence-corrected chi connectivity index (χ2v) is 5.00. The molecule has 0 saturated carbocycles. The highest BCUT2D eigenvalue weighted by Gasteiger charge is 2.03. The van der Waals surface area contributed by atoms with E-state index in [0.717, 1.165) is 24.2 Å². The predicted molar refractivity (Wildman–Crippen MR) is 73.1 cm³/mol. The van der Waals surface area contributed by atoms with Crippen LogP contribution in [0.1, 0.15) is 16.1 Å². The lowest BCUT2D eigenvalue weighted by atomic mass is 10.2. The Balaban J connectivity index is 1.88. The Hall–Kier alpha value is -1.46. The smallest absolute Gasteiger partial charge is 0.316 e. The molecular weight excluding hydrogens is 246 g/mol. The number of aryl methyl sites for hydroxylation is 1. The van der Waals surface area contributed by atoms with E-state index in [9.17, 15) is 0 Å². The Labute approximate surface area is 111 Å². The van der Waals surface area contributed by atoms with Gasteiger partial charge in [0.1, 0.15) is 0 Å². The van der Waals surface area contributed by atoms with E-state index < -0.39 is 0 Å². The first-order valence-electron chi connectivity index (χ1n) is 5.92. The van der Waals surface area contributed by atoms with Crippen LogP contribution in [0.4, 0.5) is 0 Å². The van der Waals surface area contributed by atoms with Crippen LogP contribution in [0.5, 0.6) is 6.01 Å². The van der Waals surface area contributed by atoms with Crippen molar-refractivity contribution in [2.45, 2.75) is 19.9 Å². The van der Waals surface area contributed by atoms with Gasteiger partial charge in [-0.2, -0.15) is 0 Å². The van der Waals surface area contributed by atoms with Crippen molar-refractivity contribution in [3.05, 3.63) is 39.8 Å². The van der Waals surface area contributed by atoms with Gasteiger partial charge >= 0.3 is 6.01 Å². The molecule has 0 radical (unpaired) electrons. The van der Waals surface area contributed by atoms with Crippen LogP contribution in [0.25, 0.3) is 0 Å². The zero-order valence-corrected chi connectivity index (χ0v) is 11.5. The van der Waals surface area contributed by atoms with Crippen molar-refractivity contribution >= 4 is 11.3 Å². The molecule has 2 heterocycles. The van der Waals surface area contributed by atoms with E-state index in [-0.39, 0.29) is 0 Å². The normalized spacial score (nSPS) is 10.6. The van der Waals surface area contributed by atoms with Crippen LogP contribution < -0.4 is 10.1 Å². The van der Waals surface area contributed by atoms with Gasteiger partial charge in [0, 0.05) is 35.3 Å². The lowest BCUT2D eigenvalue weighted by Crippen LogP contribution is -2.10. The van der Waals surface area contributed by atoms with Crippen LogP contribution in [-0.2, 0) is 13.0 Å². The van der Waals surface area contributed by atoms with Crippen LogP contribution in [0.15, 0.2) is 23.7 Å². The van der Waals surface area contributed by atoms with Crippen molar-refractivity contribution in [2.75, 3.05) is 13.7 Å². The fraction of sp³-hybridized carbons (Fsp3) is 0.385. The van der Waals surface area contributed by atoms with Crippen molar-refractivity contribution in [3.8, 4) is 6.01 Å². The lowest BCUT2D eigenvalue weighted by Gasteiger charge is -2.07. The molecule has 1 N–H and O–H groups in total. The fourth-order valence-corrected chi connectivity index (χ4v) is 2.29. The van der Waals surface area contributed by atoms with Crippen molar-refractivity contribution in [3.63, 3.8) is 0 Å². The standard InChI is InChI=1S/C13H17N3OS/c1-10-11(8-14-2)9-15-13(16-10)17-6-5-12-4-3-7-18-12/h3-4,7,9,14H,5-6,8H2,1-2H3. The molecule has 0 aliphatic rings. The fourth-order valence-electron chi connectivity index (χ4n) is 1.60. The third-order valence-corrected chi connectivity index (χ3v) is 3.52. The number of hydrogen-bond donors (Lipinski definition) is 1. The SMILES string of the molecule is CNCc1cnc(OCCc2cccs2)nc1C. The van der Waals surface area contributed by atoms with Crippen molar-refractivity contribution in [1.29, 1.82) is 0 Å². The van der Waals surface area contributed by atoms with E-state index >= 15 is 0 Å². The number of hydrogen-bond acceptors (Lipinski definition) is 5. The largest absolute Gasteiger partial charge is 0.463 e. The highest BCUT2D eigenvalue weighted by molar-refractivity contribution is 7.09. The van der Waals surface area contributed by atoms with Gasteiger partial charge in [-0.25, -0.2) is 9.97 Å². The van der Waals surface area contributed by atoms with Gasteiger partial charge in [0.2, 0.25) is 0 Å². The Kier molecular flexibility index (Phi) is 4.66. The summed E-state index contributed by atoms with van der Waals surface area (Å²) in [4.78, 5) is 9.87. The molecule has 96 valence electrons. The van der Waals surface area contributed by atoms with E-state index in [2.05, 4.69) is 26.7 Å². The summed E-state index contributed by atoms with van der Waals surface area (Å²) in [6.07, 6.45) is 2.72. The van der Waals surface area contributed by atoms with Gasteiger partial charge < -0.3 is 10.1 Å². The summed E-state index contributed by atoms with van der Waals surface area (Å²) >= 11 is 1.74. The molecule has 5 heteroatoms. The maximum absolute atomic E-state index is 5.56. The molecule has 4 nitrogen and oxygen atoms in total. The second kappa shape index (κ2) is 6.47. The molecule has 0 aromatic carbocycles. The maximum Gasteiger partial charge on any atom is 0.316 e. The summed E-state index contributed by atoms with van der Waals surface area (Å²) in [6, 6.07) is 4.62. The van der Waals surface area contributed by atoms with Crippen LogP contribution in [0.2, 0.25) is 0 Å². The first-order valence-corrected chi connectivity index (χ1v) is 6.80. The van der Waals surface area contributed by atoms with Gasteiger partial charge in [-0.05, 0) is 25.4 Å². The lowest BCUT2D eigenvalue weighted by molar-refractivity contribution is 0.296. The van der Waals surface area contributed by atoms with Crippen molar-refractivity contribution in [2.24, 2.45) is 0 Å². The zero-order valence-electron chi connectivity index (χ0n) is 10.6. The van der Waals surface area contributed by atoms with E-state index in [0.29, 0.717) is 12.6 Å². The predicted octanol–water partition coefficient (Wildman–Crippen LogP) is 2.19. The first-order chi connectivity index (χ1) is 8.79. The summed E-state index contributed by atoms with van der Waals surface area (Å²) in [7, 11) is 1.91. The number of nitrogens with one attached hydrogen (secondary N) is 1. The molecule has 0 fully saturated rings. The van der Waals surface area contributed by atoms with E-state index in [4.69, 9.17) is 4.74 Å². The Bertz CT molecular complexity index is 485. The molecule has 0 aliphatic carbocycles. The Morgan fingerprint density at radius 3 is 3.00 bits per heavy atom. The molecule has 0 unspecified atom stereocenters. The molecule has 0 spiro atoms. The molecule has 0 amide bonds. The third-order valence-electron chi connectivity index (χ3n) is 2.59. The minimum Gasteiger partial charge on any atom is -0.463 e. The molecule has 2 aromatic rings. The average molecular weight is 263 g/mol. The van der Waals surface area contributed by atoms with Gasteiger partial charge in [0.25, 0.3) is 0 Å². The topological polar surface area (TPSA) is 47.0 Å². The number of nitrogens with zero attached hydrogens (tertiary/aromatic N) is 2. The van der Waals surface area contributed by atoms with Crippen molar-refractivity contribution < 1.29 is 4.74 Å². The summed E-state index contributed by atoms with van der Waals surface area (Å²) in [5, 5.41) is 5.16. The highest BCUT2D eigenvalue weighted by Crippen LogP contribution is 2.11. The number of thiophene rings is 1. The summed E-state index contributed by atoms with van der Waals surface area (Å²) in [5.74, 6) is 0. The minimum absolute atomic E-state index is 0.462. The van der Waals surface area contributed by atoms with Gasteiger partial charge in [-0.3, -0.25) is 0 Å². The van der Waals surface area contributed by atoms with Crippen LogP contribution >= 0.6 is 11.3 Å². The average Bonchev–Trinajstić information content (AvgIpc) is 2.86. The third kappa shape index (κ3) is 3.51. The zero-order chi connectivity index (χ0) is 12.8.